The Hall–Kier alpha value is -3.09. The SMILES string of the molecule is CCNC(=NCc1cccnc1N1CCC(C(N)=O)CC1)NCCc1ccccc1. The van der Waals surface area contributed by atoms with Crippen LogP contribution in [0.4, 0.5) is 5.82 Å². The van der Waals surface area contributed by atoms with Crippen molar-refractivity contribution < 1.29 is 4.79 Å². The molecule has 1 aromatic heterocycles. The number of nitrogens with zero attached hydrogens (tertiary/aromatic N) is 3. The third kappa shape index (κ3) is 6.20. The molecule has 0 spiro atoms. The predicted octanol–water partition coefficient (Wildman–Crippen LogP) is 2.08. The molecule has 0 radical (unpaired) electrons. The van der Waals surface area contributed by atoms with Crippen LogP contribution in [0.15, 0.2) is 53.7 Å². The van der Waals surface area contributed by atoms with Gasteiger partial charge in [0.25, 0.3) is 0 Å². The third-order valence-corrected chi connectivity index (χ3v) is 5.37. The second-order valence-electron chi connectivity index (χ2n) is 7.51. The molecule has 1 saturated heterocycles. The van der Waals surface area contributed by atoms with Crippen LogP contribution in [0.1, 0.15) is 30.9 Å². The standard InChI is InChI=1S/C23H32N6O/c1-2-25-23(27-14-10-18-7-4-3-5-8-18)28-17-20-9-6-13-26-22(20)29-15-11-19(12-16-29)21(24)30/h3-9,13,19H,2,10-12,14-17H2,1H3,(H2,24,30)(H2,25,27,28). The molecule has 0 bridgehead atoms. The van der Waals surface area contributed by atoms with E-state index < -0.39 is 0 Å². The van der Waals surface area contributed by atoms with Gasteiger partial charge in [0, 0.05) is 43.9 Å². The van der Waals surface area contributed by atoms with E-state index in [-0.39, 0.29) is 11.8 Å². The van der Waals surface area contributed by atoms with E-state index in [1.165, 1.54) is 5.56 Å². The van der Waals surface area contributed by atoms with Crippen LogP contribution < -0.4 is 21.3 Å². The lowest BCUT2D eigenvalue weighted by atomic mass is 9.96. The molecule has 1 aliphatic heterocycles. The quantitative estimate of drug-likeness (QED) is 0.459. The Balaban J connectivity index is 1.61. The largest absolute Gasteiger partial charge is 0.369 e. The van der Waals surface area contributed by atoms with Gasteiger partial charge >= 0.3 is 0 Å². The highest BCUT2D eigenvalue weighted by Crippen LogP contribution is 2.24. The first kappa shape index (κ1) is 21.6. The number of primary amides is 1. The minimum Gasteiger partial charge on any atom is -0.369 e. The van der Waals surface area contributed by atoms with Gasteiger partial charge in [-0.05, 0) is 37.8 Å². The van der Waals surface area contributed by atoms with Crippen molar-refractivity contribution in [3.05, 3.63) is 59.8 Å². The first-order valence-electron chi connectivity index (χ1n) is 10.7. The third-order valence-electron chi connectivity index (χ3n) is 5.37. The van der Waals surface area contributed by atoms with E-state index in [4.69, 9.17) is 10.7 Å². The molecule has 4 N–H and O–H groups in total. The van der Waals surface area contributed by atoms with Crippen molar-refractivity contribution in [1.82, 2.24) is 15.6 Å². The van der Waals surface area contributed by atoms with E-state index in [9.17, 15) is 4.79 Å². The van der Waals surface area contributed by atoms with Crippen molar-refractivity contribution in [3.8, 4) is 0 Å². The van der Waals surface area contributed by atoms with Crippen LogP contribution in [-0.4, -0.2) is 43.0 Å². The van der Waals surface area contributed by atoms with E-state index in [2.05, 4.69) is 57.8 Å². The van der Waals surface area contributed by atoms with E-state index in [0.717, 1.165) is 62.8 Å². The van der Waals surface area contributed by atoms with Crippen LogP contribution in [0.2, 0.25) is 0 Å². The van der Waals surface area contributed by atoms with Crippen LogP contribution in [0.3, 0.4) is 0 Å². The average molecular weight is 409 g/mol. The van der Waals surface area contributed by atoms with Gasteiger partial charge in [-0.1, -0.05) is 36.4 Å². The Morgan fingerprint density at radius 2 is 1.93 bits per heavy atom. The normalized spacial score (nSPS) is 15.1. The van der Waals surface area contributed by atoms with Crippen molar-refractivity contribution in [3.63, 3.8) is 0 Å². The lowest BCUT2D eigenvalue weighted by molar-refractivity contribution is -0.122. The molecule has 1 fully saturated rings. The second kappa shape index (κ2) is 11.2. The maximum atomic E-state index is 11.4. The molecule has 7 nitrogen and oxygen atoms in total. The summed E-state index contributed by atoms with van der Waals surface area (Å²) >= 11 is 0. The number of aromatic nitrogens is 1. The van der Waals surface area contributed by atoms with Crippen LogP contribution in [-0.2, 0) is 17.8 Å². The Morgan fingerprint density at radius 3 is 2.63 bits per heavy atom. The molecular formula is C23H32N6O. The Kier molecular flexibility index (Phi) is 8.06. The number of nitrogens with two attached hydrogens (primary N) is 1. The predicted molar refractivity (Wildman–Crippen MR) is 121 cm³/mol. The van der Waals surface area contributed by atoms with Crippen molar-refractivity contribution >= 4 is 17.7 Å². The number of guanidine groups is 1. The number of hydrogen-bond donors (Lipinski definition) is 3. The number of aliphatic imine (C=N–C) groups is 1. The van der Waals surface area contributed by atoms with E-state index in [0.29, 0.717) is 6.54 Å². The Labute approximate surface area is 178 Å². The summed E-state index contributed by atoms with van der Waals surface area (Å²) < 4.78 is 0. The molecule has 7 heteroatoms. The minimum absolute atomic E-state index is 0.0272. The van der Waals surface area contributed by atoms with Gasteiger partial charge in [-0.2, -0.15) is 0 Å². The van der Waals surface area contributed by atoms with Gasteiger partial charge < -0.3 is 21.3 Å². The molecule has 1 aromatic carbocycles. The molecule has 0 aliphatic carbocycles. The lowest BCUT2D eigenvalue weighted by Crippen LogP contribution is -2.39. The highest BCUT2D eigenvalue weighted by Gasteiger charge is 2.24. The number of rotatable bonds is 8. The molecule has 1 amide bonds. The minimum atomic E-state index is -0.197. The van der Waals surface area contributed by atoms with Gasteiger partial charge in [-0.25, -0.2) is 9.98 Å². The summed E-state index contributed by atoms with van der Waals surface area (Å²) in [7, 11) is 0. The second-order valence-corrected chi connectivity index (χ2v) is 7.51. The molecule has 2 aromatic rings. The molecule has 0 saturated carbocycles. The number of hydrogen-bond acceptors (Lipinski definition) is 4. The maximum absolute atomic E-state index is 11.4. The zero-order valence-electron chi connectivity index (χ0n) is 17.7. The zero-order valence-corrected chi connectivity index (χ0v) is 17.7. The fourth-order valence-corrected chi connectivity index (χ4v) is 3.69. The summed E-state index contributed by atoms with van der Waals surface area (Å²) in [4.78, 5) is 23.0. The molecule has 3 rings (SSSR count). The number of anilines is 1. The number of amides is 1. The fraction of sp³-hybridized carbons (Fsp3) is 0.435. The number of carbonyl (C=O) groups excluding carboxylic acids is 1. The van der Waals surface area contributed by atoms with Crippen molar-refractivity contribution in [2.75, 3.05) is 31.1 Å². The van der Waals surface area contributed by atoms with Gasteiger partial charge in [0.1, 0.15) is 5.82 Å². The van der Waals surface area contributed by atoms with Gasteiger partial charge in [0.15, 0.2) is 5.96 Å². The van der Waals surface area contributed by atoms with Crippen LogP contribution in [0.5, 0.6) is 0 Å². The Morgan fingerprint density at radius 1 is 1.17 bits per heavy atom. The topological polar surface area (TPSA) is 95.6 Å². The number of benzene rings is 1. The van der Waals surface area contributed by atoms with Crippen LogP contribution >= 0.6 is 0 Å². The maximum Gasteiger partial charge on any atom is 0.220 e. The number of piperidine rings is 1. The van der Waals surface area contributed by atoms with Crippen molar-refractivity contribution in [2.45, 2.75) is 32.7 Å². The molecule has 0 atom stereocenters. The first-order valence-corrected chi connectivity index (χ1v) is 10.7. The van der Waals surface area contributed by atoms with Gasteiger partial charge in [0.05, 0.1) is 6.54 Å². The number of pyridine rings is 1. The summed E-state index contributed by atoms with van der Waals surface area (Å²) in [5.41, 5.74) is 7.84. The summed E-state index contributed by atoms with van der Waals surface area (Å²) in [6.07, 6.45) is 4.31. The van der Waals surface area contributed by atoms with Gasteiger partial charge in [-0.15, -0.1) is 0 Å². The van der Waals surface area contributed by atoms with Crippen LogP contribution in [0.25, 0.3) is 0 Å². The molecule has 1 aliphatic rings. The molecular weight excluding hydrogens is 376 g/mol. The van der Waals surface area contributed by atoms with Crippen molar-refractivity contribution in [2.24, 2.45) is 16.6 Å². The molecule has 2 heterocycles. The van der Waals surface area contributed by atoms with Gasteiger partial charge in [0.2, 0.25) is 5.91 Å². The smallest absolute Gasteiger partial charge is 0.220 e. The van der Waals surface area contributed by atoms with E-state index in [1.54, 1.807) is 0 Å². The molecule has 0 unspecified atom stereocenters. The summed E-state index contributed by atoms with van der Waals surface area (Å²) in [6, 6.07) is 14.4. The monoisotopic (exact) mass is 408 g/mol. The van der Waals surface area contributed by atoms with Gasteiger partial charge in [-0.3, -0.25) is 4.79 Å². The van der Waals surface area contributed by atoms with E-state index >= 15 is 0 Å². The highest BCUT2D eigenvalue weighted by atomic mass is 16.1. The van der Waals surface area contributed by atoms with Crippen molar-refractivity contribution in [1.29, 1.82) is 0 Å². The van der Waals surface area contributed by atoms with Crippen LogP contribution in [0, 0.1) is 5.92 Å². The molecule has 30 heavy (non-hydrogen) atoms. The average Bonchev–Trinajstić information content (AvgIpc) is 2.78. The summed E-state index contributed by atoms with van der Waals surface area (Å²) in [6.45, 7) is 5.80. The highest BCUT2D eigenvalue weighted by molar-refractivity contribution is 5.80. The molecule has 160 valence electrons. The summed E-state index contributed by atoms with van der Waals surface area (Å²) in [5, 5.41) is 6.72. The first-order chi connectivity index (χ1) is 14.7. The summed E-state index contributed by atoms with van der Waals surface area (Å²) in [5.74, 6) is 1.53. The number of carbonyl (C=O) groups is 1. The lowest BCUT2D eigenvalue weighted by Gasteiger charge is -2.32. The fourth-order valence-electron chi connectivity index (χ4n) is 3.69. The van der Waals surface area contributed by atoms with E-state index in [1.807, 2.05) is 18.3 Å². The Bertz CT molecular complexity index is 831. The number of nitrogens with one attached hydrogen (secondary N) is 2. The zero-order chi connectivity index (χ0) is 21.2.